The second-order valence-electron chi connectivity index (χ2n) is 5.85. The predicted molar refractivity (Wildman–Crippen MR) is 74.4 cm³/mol. The molecule has 0 aromatic rings. The van der Waals surface area contributed by atoms with Gasteiger partial charge < -0.3 is 9.84 Å². The summed E-state index contributed by atoms with van der Waals surface area (Å²) in [6, 6.07) is 0. The first kappa shape index (κ1) is 17.4. The van der Waals surface area contributed by atoms with Crippen molar-refractivity contribution in [2.24, 2.45) is 5.41 Å². The quantitative estimate of drug-likeness (QED) is 0.454. The van der Waals surface area contributed by atoms with Crippen LogP contribution in [0.5, 0.6) is 0 Å². The van der Waals surface area contributed by atoms with Gasteiger partial charge in [-0.25, -0.2) is 0 Å². The Bertz CT molecular complexity index is 212. The van der Waals surface area contributed by atoms with E-state index in [2.05, 4.69) is 6.92 Å². The number of esters is 1. The molecule has 18 heavy (non-hydrogen) atoms. The van der Waals surface area contributed by atoms with Crippen LogP contribution in [0.2, 0.25) is 0 Å². The Balaban J connectivity index is 3.38. The van der Waals surface area contributed by atoms with Crippen LogP contribution in [0.1, 0.15) is 72.1 Å². The number of rotatable bonds is 11. The monoisotopic (exact) mass is 258 g/mol. The normalized spacial score (nSPS) is 11.6. The van der Waals surface area contributed by atoms with Crippen LogP contribution in [-0.2, 0) is 9.53 Å². The molecule has 3 nitrogen and oxygen atoms in total. The molecule has 0 heterocycles. The second kappa shape index (κ2) is 10.4. The smallest absolute Gasteiger partial charge is 0.305 e. The first-order valence-electron chi connectivity index (χ1n) is 7.28. The molecule has 0 unspecified atom stereocenters. The maximum absolute atomic E-state index is 11.4. The van der Waals surface area contributed by atoms with Crippen LogP contribution in [-0.4, -0.2) is 24.3 Å². The van der Waals surface area contributed by atoms with Crippen molar-refractivity contribution in [2.45, 2.75) is 72.1 Å². The van der Waals surface area contributed by atoms with Crippen LogP contribution in [0.3, 0.4) is 0 Å². The van der Waals surface area contributed by atoms with Gasteiger partial charge in [-0.2, -0.15) is 0 Å². The SMILES string of the molecule is CCCCCCCCCC(=O)OCC(C)(C)CO. The Hall–Kier alpha value is -0.570. The van der Waals surface area contributed by atoms with Crippen molar-refractivity contribution in [3.05, 3.63) is 0 Å². The number of unbranched alkanes of at least 4 members (excludes halogenated alkanes) is 6. The molecule has 0 aliphatic heterocycles. The van der Waals surface area contributed by atoms with Gasteiger partial charge in [-0.1, -0.05) is 59.3 Å². The summed E-state index contributed by atoms with van der Waals surface area (Å²) in [5.41, 5.74) is -0.324. The highest BCUT2D eigenvalue weighted by Crippen LogP contribution is 2.15. The molecule has 0 aliphatic rings. The van der Waals surface area contributed by atoms with Gasteiger partial charge in [0, 0.05) is 11.8 Å². The number of ether oxygens (including phenoxy) is 1. The third-order valence-corrected chi connectivity index (χ3v) is 3.04. The standard InChI is InChI=1S/C15H30O3/c1-4-5-6-7-8-9-10-11-14(17)18-13-15(2,3)12-16/h16H,4-13H2,1-3H3. The second-order valence-corrected chi connectivity index (χ2v) is 5.85. The average molecular weight is 258 g/mol. The van der Waals surface area contributed by atoms with Crippen molar-refractivity contribution < 1.29 is 14.6 Å². The first-order valence-corrected chi connectivity index (χ1v) is 7.28. The van der Waals surface area contributed by atoms with Crippen molar-refractivity contribution in [1.29, 1.82) is 0 Å². The molecular weight excluding hydrogens is 228 g/mol. The minimum Gasteiger partial charge on any atom is -0.465 e. The van der Waals surface area contributed by atoms with Crippen LogP contribution < -0.4 is 0 Å². The molecule has 0 radical (unpaired) electrons. The Morgan fingerprint density at radius 3 is 2.17 bits per heavy atom. The molecule has 0 atom stereocenters. The highest BCUT2D eigenvalue weighted by Gasteiger charge is 2.18. The molecule has 0 rings (SSSR count). The van der Waals surface area contributed by atoms with E-state index in [1.54, 1.807) is 0 Å². The molecular formula is C15H30O3. The lowest BCUT2D eigenvalue weighted by atomic mass is 9.96. The average Bonchev–Trinajstić information content (AvgIpc) is 2.35. The summed E-state index contributed by atoms with van der Waals surface area (Å²) >= 11 is 0. The van der Waals surface area contributed by atoms with Gasteiger partial charge in [-0.3, -0.25) is 4.79 Å². The number of hydrogen-bond acceptors (Lipinski definition) is 3. The fraction of sp³-hybridized carbons (Fsp3) is 0.933. The Morgan fingerprint density at radius 2 is 1.61 bits per heavy atom. The van der Waals surface area contributed by atoms with Gasteiger partial charge in [-0.15, -0.1) is 0 Å². The predicted octanol–water partition coefficient (Wildman–Crippen LogP) is 3.69. The fourth-order valence-corrected chi connectivity index (χ4v) is 1.62. The minimum absolute atomic E-state index is 0.0394. The van der Waals surface area contributed by atoms with Crippen molar-refractivity contribution in [3.8, 4) is 0 Å². The summed E-state index contributed by atoms with van der Waals surface area (Å²) in [7, 11) is 0. The highest BCUT2D eigenvalue weighted by molar-refractivity contribution is 5.69. The maximum Gasteiger partial charge on any atom is 0.305 e. The number of carbonyl (C=O) groups excluding carboxylic acids is 1. The maximum atomic E-state index is 11.4. The highest BCUT2D eigenvalue weighted by atomic mass is 16.5. The van der Waals surface area contributed by atoms with Gasteiger partial charge in [0.15, 0.2) is 0 Å². The third-order valence-electron chi connectivity index (χ3n) is 3.04. The van der Waals surface area contributed by atoms with Gasteiger partial charge >= 0.3 is 5.97 Å². The van der Waals surface area contributed by atoms with E-state index in [9.17, 15) is 4.79 Å². The first-order chi connectivity index (χ1) is 8.52. The number of carbonyl (C=O) groups is 1. The van der Waals surface area contributed by atoms with Crippen molar-refractivity contribution in [2.75, 3.05) is 13.2 Å². The number of aliphatic hydroxyl groups excluding tert-OH is 1. The van der Waals surface area contributed by atoms with Crippen LogP contribution >= 0.6 is 0 Å². The lowest BCUT2D eigenvalue weighted by molar-refractivity contribution is -0.147. The summed E-state index contributed by atoms with van der Waals surface area (Å²) in [4.78, 5) is 11.4. The van der Waals surface area contributed by atoms with Crippen molar-refractivity contribution in [3.63, 3.8) is 0 Å². The molecule has 0 amide bonds. The molecule has 0 saturated heterocycles. The Kier molecular flexibility index (Phi) is 10.0. The molecule has 0 aliphatic carbocycles. The summed E-state index contributed by atoms with van der Waals surface area (Å²) in [5, 5.41) is 9.03. The summed E-state index contributed by atoms with van der Waals surface area (Å²) in [6.07, 6.45) is 8.94. The van der Waals surface area contributed by atoms with E-state index in [-0.39, 0.29) is 18.0 Å². The molecule has 0 fully saturated rings. The van der Waals surface area contributed by atoms with Gasteiger partial charge in [0.2, 0.25) is 0 Å². The third kappa shape index (κ3) is 10.6. The Morgan fingerprint density at radius 1 is 1.06 bits per heavy atom. The van der Waals surface area contributed by atoms with E-state index in [4.69, 9.17) is 9.84 Å². The fourth-order valence-electron chi connectivity index (χ4n) is 1.62. The van der Waals surface area contributed by atoms with E-state index < -0.39 is 0 Å². The van der Waals surface area contributed by atoms with E-state index in [1.807, 2.05) is 13.8 Å². The molecule has 0 aromatic carbocycles. The van der Waals surface area contributed by atoms with Crippen LogP contribution in [0.15, 0.2) is 0 Å². The number of hydrogen-bond donors (Lipinski definition) is 1. The van der Waals surface area contributed by atoms with Gasteiger partial charge in [0.05, 0.1) is 13.2 Å². The molecule has 0 spiro atoms. The molecule has 0 bridgehead atoms. The van der Waals surface area contributed by atoms with Crippen LogP contribution in [0.25, 0.3) is 0 Å². The van der Waals surface area contributed by atoms with E-state index >= 15 is 0 Å². The van der Waals surface area contributed by atoms with Gasteiger partial charge in [0.25, 0.3) is 0 Å². The summed E-state index contributed by atoms with van der Waals surface area (Å²) < 4.78 is 5.14. The van der Waals surface area contributed by atoms with Crippen molar-refractivity contribution in [1.82, 2.24) is 0 Å². The number of aliphatic hydroxyl groups is 1. The minimum atomic E-state index is -0.324. The van der Waals surface area contributed by atoms with E-state index in [0.717, 1.165) is 12.8 Å². The summed E-state index contributed by atoms with van der Waals surface area (Å²) in [6.45, 7) is 6.32. The Labute approximate surface area is 112 Å². The summed E-state index contributed by atoms with van der Waals surface area (Å²) in [5.74, 6) is -0.134. The zero-order chi connectivity index (χ0) is 13.9. The van der Waals surface area contributed by atoms with Crippen LogP contribution in [0, 0.1) is 5.41 Å². The van der Waals surface area contributed by atoms with E-state index in [1.165, 1.54) is 32.1 Å². The molecule has 0 saturated carbocycles. The molecule has 3 heteroatoms. The lowest BCUT2D eigenvalue weighted by Gasteiger charge is -2.20. The van der Waals surface area contributed by atoms with Crippen LogP contribution in [0.4, 0.5) is 0 Å². The zero-order valence-corrected chi connectivity index (χ0v) is 12.3. The molecule has 1 N–H and O–H groups in total. The zero-order valence-electron chi connectivity index (χ0n) is 12.3. The topological polar surface area (TPSA) is 46.5 Å². The van der Waals surface area contributed by atoms with Crippen molar-refractivity contribution >= 4 is 5.97 Å². The lowest BCUT2D eigenvalue weighted by Crippen LogP contribution is -2.25. The molecule has 0 aromatic heterocycles. The largest absolute Gasteiger partial charge is 0.465 e. The van der Waals surface area contributed by atoms with Gasteiger partial charge in [-0.05, 0) is 6.42 Å². The van der Waals surface area contributed by atoms with Gasteiger partial charge in [0.1, 0.15) is 0 Å². The van der Waals surface area contributed by atoms with E-state index in [0.29, 0.717) is 13.0 Å². The molecule has 108 valence electrons.